The van der Waals surface area contributed by atoms with Gasteiger partial charge in [-0.25, -0.2) is 0 Å². The van der Waals surface area contributed by atoms with E-state index < -0.39 is 0 Å². The van der Waals surface area contributed by atoms with E-state index in [1.165, 1.54) is 12.4 Å². The molecule has 103 valence electrons. The molecule has 0 amide bonds. The van der Waals surface area contributed by atoms with Crippen LogP contribution in [-0.4, -0.2) is 26.5 Å². The minimum absolute atomic E-state index is 0.0408. The number of rotatable bonds is 3. The molecule has 0 saturated heterocycles. The van der Waals surface area contributed by atoms with Crippen molar-refractivity contribution in [3.05, 3.63) is 23.0 Å². The molecule has 1 aromatic rings. The molecule has 0 saturated carbocycles. The third-order valence-electron chi connectivity index (χ3n) is 1.93. The summed E-state index contributed by atoms with van der Waals surface area (Å²) in [5.41, 5.74) is 9.17. The summed E-state index contributed by atoms with van der Waals surface area (Å²) in [5, 5.41) is 20.6. The molecule has 0 aliphatic heterocycles. The van der Waals surface area contributed by atoms with Gasteiger partial charge in [-0.15, -0.1) is 0 Å². The second-order valence-corrected chi connectivity index (χ2v) is 3.49. The zero-order valence-electron chi connectivity index (χ0n) is 9.37. The predicted molar refractivity (Wildman–Crippen MR) is 71.3 cm³/mol. The Balaban J connectivity index is 0.00000137. The van der Waals surface area contributed by atoms with Crippen LogP contribution in [0.1, 0.15) is 16.8 Å². The first-order valence-corrected chi connectivity index (χ1v) is 6.27. The Morgan fingerprint density at radius 2 is 2.39 bits per heavy atom. The molecule has 1 heterocycles. The molecule has 0 atom stereocenters. The molecule has 0 bridgehead atoms. The summed E-state index contributed by atoms with van der Waals surface area (Å²) in [6, 6.07) is 0. The number of aliphatic hydroxyl groups excluding tert-OH is 1. The van der Waals surface area contributed by atoms with Crippen LogP contribution < -0.4 is 11.2 Å². The number of hydrogen-bond donors (Lipinski definition) is 3. The molecule has 0 aliphatic carbocycles. The van der Waals surface area contributed by atoms with Crippen LogP contribution in [0.5, 0.6) is 5.75 Å². The van der Waals surface area contributed by atoms with Crippen LogP contribution in [0.15, 0.2) is 11.3 Å². The number of thiocarbonyl (C=S) groups is 1. The van der Waals surface area contributed by atoms with E-state index in [1.807, 2.05) is 0 Å². The van der Waals surface area contributed by atoms with Crippen molar-refractivity contribution in [2.75, 3.05) is 0 Å². The Kier molecular flexibility index (Phi) is 8.60. The predicted octanol–water partition coefficient (Wildman–Crippen LogP) is 0.174. The van der Waals surface area contributed by atoms with Crippen LogP contribution in [0.25, 0.3) is 0 Å². The van der Waals surface area contributed by atoms with Crippen LogP contribution in [0.3, 0.4) is 0 Å². The summed E-state index contributed by atoms with van der Waals surface area (Å²) >= 11 is 8.23. The number of aryl methyl sites for hydroxylation is 1. The standard InChI is InChI=1S/C9H12N4O2S.ClH.Cu/c1-5-8(15)7(3-12-13-9(10)16)6(4-14)2-11-5;;/h2-3,14-15H,4H2,1H3,(H3,10,13,16);1H;/q;;+2. The normalized spacial score (nSPS) is 9.83. The second kappa shape index (κ2) is 9.07. The van der Waals surface area contributed by atoms with E-state index in [2.05, 4.69) is 52.9 Å². The van der Waals surface area contributed by atoms with Gasteiger partial charge >= 0.3 is 25.2 Å². The molecule has 0 unspecified atom stereocenters. The number of hydrogen-bond acceptors (Lipinski definition) is 4. The van der Waals surface area contributed by atoms with Crippen molar-refractivity contribution in [1.29, 1.82) is 0 Å². The van der Waals surface area contributed by atoms with Gasteiger partial charge in [-0.3, -0.25) is 10.4 Å². The summed E-state index contributed by atoms with van der Waals surface area (Å²) in [7, 11) is 4.20. The Morgan fingerprint density at radius 1 is 1.78 bits per heavy atom. The Hall–Kier alpha value is -0.921. The maximum atomic E-state index is 9.09. The molecular weight excluding hydrogens is 327 g/mol. The topological polar surface area (TPSA) is 106 Å². The van der Waals surface area contributed by atoms with Crippen molar-refractivity contribution in [1.82, 2.24) is 10.4 Å². The van der Waals surface area contributed by atoms with E-state index in [4.69, 9.17) is 15.9 Å². The van der Waals surface area contributed by atoms with Gasteiger partial charge in [-0.05, 0) is 19.1 Å². The van der Waals surface area contributed by atoms with E-state index in [0.717, 1.165) is 0 Å². The summed E-state index contributed by atoms with van der Waals surface area (Å²) in [4.78, 5) is 3.97. The van der Waals surface area contributed by atoms with Crippen molar-refractivity contribution in [2.45, 2.75) is 13.5 Å². The van der Waals surface area contributed by atoms with Gasteiger partial charge < -0.3 is 15.9 Å². The molecule has 0 aromatic carbocycles. The van der Waals surface area contributed by atoms with Crippen molar-refractivity contribution in [3.8, 4) is 5.75 Å². The Labute approximate surface area is 122 Å². The number of hydrazone groups is 1. The van der Waals surface area contributed by atoms with Gasteiger partial charge in [0.05, 0.1) is 18.4 Å². The zero-order valence-corrected chi connectivity index (χ0v) is 11.9. The summed E-state index contributed by atoms with van der Waals surface area (Å²) in [5.74, 6) is 0.222. The SMILES string of the molecule is Cc1ncc(CO)c(C=NNC(N)=S)c1[OH2+].[Cl][Cu+]. The second-order valence-electron chi connectivity index (χ2n) is 3.05. The molecule has 1 aromatic heterocycles. The molecule has 0 fully saturated rings. The first-order chi connectivity index (χ1) is 8.56. The van der Waals surface area contributed by atoms with Gasteiger partial charge in [0.1, 0.15) is 5.69 Å². The van der Waals surface area contributed by atoms with Gasteiger partial charge in [-0.2, -0.15) is 5.10 Å². The van der Waals surface area contributed by atoms with Crippen LogP contribution in [0, 0.1) is 6.92 Å². The molecule has 9 heteroatoms. The molecule has 6 nitrogen and oxygen atoms in total. The molecule has 1 rings (SSSR count). The number of nitrogens with zero attached hydrogens (tertiary/aromatic N) is 2. The number of halogens is 1. The molecular formula is C9H13ClCuN4O2S+2. The van der Waals surface area contributed by atoms with Crippen LogP contribution in [-0.2, 0) is 21.7 Å². The fraction of sp³-hybridized carbons (Fsp3) is 0.222. The van der Waals surface area contributed by atoms with Crippen molar-refractivity contribution >= 4 is 33.6 Å². The van der Waals surface area contributed by atoms with Gasteiger partial charge in [0.2, 0.25) is 0 Å². The number of aliphatic hydroxyl groups is 1. The summed E-state index contributed by atoms with van der Waals surface area (Å²) in [6.45, 7) is 1.51. The van der Waals surface area contributed by atoms with Gasteiger partial charge in [-0.1, -0.05) is 0 Å². The van der Waals surface area contributed by atoms with Gasteiger partial charge in [0.25, 0.3) is 5.75 Å². The number of aromatic nitrogens is 1. The third-order valence-corrected chi connectivity index (χ3v) is 2.02. The van der Waals surface area contributed by atoms with Crippen LogP contribution >= 0.6 is 22.3 Å². The van der Waals surface area contributed by atoms with E-state index in [1.54, 1.807) is 6.92 Å². The molecule has 6 N–H and O–H groups in total. The Bertz CT molecular complexity index is 445. The molecule has 18 heavy (non-hydrogen) atoms. The zero-order chi connectivity index (χ0) is 14.1. The fourth-order valence-electron chi connectivity index (χ4n) is 1.10. The summed E-state index contributed by atoms with van der Waals surface area (Å²) in [6.07, 6.45) is 2.90. The number of pyridine rings is 1. The van der Waals surface area contributed by atoms with Crippen LogP contribution in [0.4, 0.5) is 0 Å². The maximum absolute atomic E-state index is 9.09. The van der Waals surface area contributed by atoms with Crippen molar-refractivity contribution < 1.29 is 25.3 Å². The Morgan fingerprint density at radius 3 is 2.89 bits per heavy atom. The quantitative estimate of drug-likeness (QED) is 0.239. The average Bonchev–Trinajstić information content (AvgIpc) is 2.37. The molecule has 0 spiro atoms. The summed E-state index contributed by atoms with van der Waals surface area (Å²) < 4.78 is 0. The molecule has 0 aliphatic rings. The monoisotopic (exact) mass is 339 g/mol. The van der Waals surface area contributed by atoms with E-state index >= 15 is 0 Å². The van der Waals surface area contributed by atoms with E-state index in [0.29, 0.717) is 16.8 Å². The first-order valence-electron chi connectivity index (χ1n) is 4.57. The number of nitrogens with two attached hydrogens (primary N) is 1. The fourth-order valence-corrected chi connectivity index (χ4v) is 1.15. The average molecular weight is 340 g/mol. The van der Waals surface area contributed by atoms with E-state index in [-0.39, 0.29) is 17.5 Å². The molecule has 0 radical (unpaired) electrons. The number of nitrogens with one attached hydrogen (secondary N) is 1. The van der Waals surface area contributed by atoms with Crippen molar-refractivity contribution in [2.24, 2.45) is 10.8 Å². The minimum atomic E-state index is -0.201. The third kappa shape index (κ3) is 5.16. The van der Waals surface area contributed by atoms with Gasteiger partial charge in [0.15, 0.2) is 5.11 Å². The van der Waals surface area contributed by atoms with Crippen LogP contribution in [0.2, 0.25) is 0 Å². The van der Waals surface area contributed by atoms with Crippen molar-refractivity contribution in [3.63, 3.8) is 0 Å². The van der Waals surface area contributed by atoms with E-state index in [9.17, 15) is 0 Å². The first kappa shape index (κ1) is 17.1. The van der Waals surface area contributed by atoms with Gasteiger partial charge in [0, 0.05) is 11.8 Å².